The van der Waals surface area contributed by atoms with E-state index >= 15 is 0 Å². The number of aryl methyl sites for hydroxylation is 1. The summed E-state index contributed by atoms with van der Waals surface area (Å²) in [6, 6.07) is 17.7. The number of benzene rings is 3. The van der Waals surface area contributed by atoms with Crippen LogP contribution in [-0.4, -0.2) is 22.3 Å². The van der Waals surface area contributed by atoms with Crippen molar-refractivity contribution in [1.29, 1.82) is 0 Å². The minimum atomic E-state index is -0.114. The smallest absolute Gasteiger partial charge is 0.299 e. The molecule has 0 atom stereocenters. The van der Waals surface area contributed by atoms with E-state index in [4.69, 9.17) is 20.8 Å². The summed E-state index contributed by atoms with van der Waals surface area (Å²) in [5.74, 6) is 0.396. The van der Waals surface area contributed by atoms with Gasteiger partial charge in [0, 0.05) is 31.8 Å². The minimum absolute atomic E-state index is 0.0731. The van der Waals surface area contributed by atoms with Gasteiger partial charge in [-0.05, 0) is 66.6 Å². The molecule has 0 aliphatic rings. The second-order valence-electron chi connectivity index (χ2n) is 7.56. The van der Waals surface area contributed by atoms with E-state index in [-0.39, 0.29) is 23.9 Å². The largest absolute Gasteiger partial charge is 0.508 e. The van der Waals surface area contributed by atoms with Gasteiger partial charge in [0.25, 0.3) is 12.4 Å². The van der Waals surface area contributed by atoms with Gasteiger partial charge in [0.2, 0.25) is 11.7 Å². The average Bonchev–Trinajstić information content (AvgIpc) is 3.43. The summed E-state index contributed by atoms with van der Waals surface area (Å²) in [6.07, 6.45) is 1.25. The zero-order valence-corrected chi connectivity index (χ0v) is 19.3. The fourth-order valence-corrected chi connectivity index (χ4v) is 5.25. The molecule has 5 aromatic rings. The number of carbonyl (C=O) groups is 2. The van der Waals surface area contributed by atoms with Crippen LogP contribution in [0.3, 0.4) is 0 Å². The van der Waals surface area contributed by atoms with Crippen LogP contribution in [0.4, 0.5) is 0 Å². The summed E-state index contributed by atoms with van der Waals surface area (Å²) in [5, 5.41) is 11.4. The van der Waals surface area contributed by atoms with Crippen LogP contribution in [0.25, 0.3) is 32.7 Å². The highest BCUT2D eigenvalue weighted by Gasteiger charge is 2.23. The summed E-state index contributed by atoms with van der Waals surface area (Å²) < 4.78 is 10.9. The van der Waals surface area contributed by atoms with Crippen LogP contribution in [0.1, 0.15) is 20.8 Å². The Morgan fingerprint density at radius 3 is 2.59 bits per heavy atom. The summed E-state index contributed by atoms with van der Waals surface area (Å²) in [5.41, 5.74) is 3.65. The molecule has 0 aliphatic heterocycles. The van der Waals surface area contributed by atoms with Crippen LogP contribution in [0.2, 0.25) is 5.02 Å². The van der Waals surface area contributed by atoms with Gasteiger partial charge in [0.05, 0.1) is 4.88 Å². The second kappa shape index (κ2) is 8.78. The van der Waals surface area contributed by atoms with Crippen molar-refractivity contribution in [3.05, 3.63) is 88.0 Å². The van der Waals surface area contributed by atoms with Gasteiger partial charge < -0.3 is 14.3 Å². The number of nitrogens with zero attached hydrogens (tertiary/aromatic N) is 1. The van der Waals surface area contributed by atoms with Crippen molar-refractivity contribution < 1.29 is 23.8 Å². The Labute approximate surface area is 203 Å². The minimum Gasteiger partial charge on any atom is -0.508 e. The Kier molecular flexibility index (Phi) is 5.65. The molecule has 2 heterocycles. The first-order chi connectivity index (χ1) is 16.4. The van der Waals surface area contributed by atoms with Crippen molar-refractivity contribution in [3.8, 4) is 34.2 Å². The summed E-state index contributed by atoms with van der Waals surface area (Å²) in [4.78, 5) is 28.8. The SMILES string of the molecule is Cc1cc(Cl)ccc1C(=O)c1sc2cc(O)ccc2c1-c1ccc(-c2nc(OC=O)co2)cc1. The Hall–Kier alpha value is -3.94. The lowest BCUT2D eigenvalue weighted by Crippen LogP contribution is -2.03. The van der Waals surface area contributed by atoms with E-state index in [0.29, 0.717) is 26.9 Å². The van der Waals surface area contributed by atoms with E-state index in [1.54, 1.807) is 30.3 Å². The molecule has 3 aromatic carbocycles. The molecule has 2 aromatic heterocycles. The lowest BCUT2D eigenvalue weighted by Gasteiger charge is -2.08. The van der Waals surface area contributed by atoms with Crippen molar-refractivity contribution >= 4 is 45.3 Å². The lowest BCUT2D eigenvalue weighted by molar-refractivity contribution is -0.120. The van der Waals surface area contributed by atoms with Crippen LogP contribution in [-0.2, 0) is 4.79 Å². The molecular weight excluding hydrogens is 474 g/mol. The quantitative estimate of drug-likeness (QED) is 0.212. The Balaban J connectivity index is 1.62. The maximum atomic E-state index is 13.6. The Bertz CT molecular complexity index is 1550. The molecule has 5 rings (SSSR count). The van der Waals surface area contributed by atoms with Crippen molar-refractivity contribution in [2.75, 3.05) is 0 Å². The number of aromatic nitrogens is 1. The first-order valence-corrected chi connectivity index (χ1v) is 11.4. The summed E-state index contributed by atoms with van der Waals surface area (Å²) >= 11 is 7.42. The van der Waals surface area contributed by atoms with Gasteiger partial charge in [-0.1, -0.05) is 23.7 Å². The number of halogens is 1. The molecule has 0 bridgehead atoms. The second-order valence-corrected chi connectivity index (χ2v) is 9.05. The van der Waals surface area contributed by atoms with Gasteiger partial charge in [-0.2, -0.15) is 4.98 Å². The van der Waals surface area contributed by atoms with Gasteiger partial charge in [-0.3, -0.25) is 9.59 Å². The summed E-state index contributed by atoms with van der Waals surface area (Å²) in [7, 11) is 0. The first kappa shape index (κ1) is 21.9. The molecule has 8 heteroatoms. The number of ketones is 1. The number of fused-ring (bicyclic) bond motifs is 1. The fourth-order valence-electron chi connectivity index (χ4n) is 3.81. The number of rotatable bonds is 6. The molecule has 0 spiro atoms. The number of aromatic hydroxyl groups is 1. The standard InChI is InChI=1S/C26H16ClNO5S/c1-14-10-17(27)6-8-19(14)24(31)25-23(20-9-7-18(30)11-21(20)34-25)15-2-4-16(5-3-15)26-28-22(12-32-26)33-13-29/h2-13,30H,1H3. The van der Waals surface area contributed by atoms with Crippen LogP contribution < -0.4 is 4.74 Å². The summed E-state index contributed by atoms with van der Waals surface area (Å²) in [6.45, 7) is 2.14. The molecular formula is C26H16ClNO5S. The highest BCUT2D eigenvalue weighted by molar-refractivity contribution is 7.21. The van der Waals surface area contributed by atoms with Crippen molar-refractivity contribution in [3.63, 3.8) is 0 Å². The lowest BCUT2D eigenvalue weighted by atomic mass is 9.96. The Morgan fingerprint density at radius 2 is 1.85 bits per heavy atom. The van der Waals surface area contributed by atoms with Crippen LogP contribution in [0.5, 0.6) is 11.6 Å². The van der Waals surface area contributed by atoms with Crippen molar-refractivity contribution in [2.24, 2.45) is 0 Å². The van der Waals surface area contributed by atoms with Crippen LogP contribution in [0, 0.1) is 6.92 Å². The van der Waals surface area contributed by atoms with Crippen molar-refractivity contribution in [1.82, 2.24) is 4.98 Å². The molecule has 0 fully saturated rings. The molecule has 1 N–H and O–H groups in total. The normalized spacial score (nSPS) is 11.0. The number of phenols is 1. The van der Waals surface area contributed by atoms with Gasteiger partial charge >= 0.3 is 0 Å². The maximum Gasteiger partial charge on any atom is 0.299 e. The van der Waals surface area contributed by atoms with Gasteiger partial charge in [0.1, 0.15) is 5.75 Å². The topological polar surface area (TPSA) is 89.6 Å². The molecule has 0 saturated heterocycles. The molecule has 168 valence electrons. The molecule has 34 heavy (non-hydrogen) atoms. The molecule has 0 aliphatic carbocycles. The molecule has 0 radical (unpaired) electrons. The zero-order valence-electron chi connectivity index (χ0n) is 17.7. The van der Waals surface area contributed by atoms with E-state index in [2.05, 4.69) is 4.98 Å². The monoisotopic (exact) mass is 489 g/mol. The first-order valence-electron chi connectivity index (χ1n) is 10.2. The predicted molar refractivity (Wildman–Crippen MR) is 131 cm³/mol. The number of ether oxygens (including phenoxy) is 1. The van der Waals surface area contributed by atoms with E-state index in [1.165, 1.54) is 17.6 Å². The molecule has 0 amide bonds. The molecule has 6 nitrogen and oxygen atoms in total. The van der Waals surface area contributed by atoms with E-state index in [9.17, 15) is 14.7 Å². The highest BCUT2D eigenvalue weighted by Crippen LogP contribution is 2.42. The predicted octanol–water partition coefficient (Wildman–Crippen LogP) is 6.66. The third kappa shape index (κ3) is 3.96. The maximum absolute atomic E-state index is 13.6. The van der Waals surface area contributed by atoms with Crippen molar-refractivity contribution in [2.45, 2.75) is 6.92 Å². The van der Waals surface area contributed by atoms with Gasteiger partial charge in [0.15, 0.2) is 6.26 Å². The average molecular weight is 490 g/mol. The van der Waals surface area contributed by atoms with Crippen LogP contribution >= 0.6 is 22.9 Å². The number of phenolic OH excluding ortho intramolecular Hbond substituents is 1. The number of carbonyl (C=O) groups excluding carboxylic acids is 2. The number of oxazole rings is 1. The third-order valence-corrected chi connectivity index (χ3v) is 6.77. The molecule has 0 unspecified atom stereocenters. The van der Waals surface area contributed by atoms with E-state index < -0.39 is 0 Å². The number of thiophene rings is 1. The van der Waals surface area contributed by atoms with E-state index in [0.717, 1.165) is 26.8 Å². The van der Waals surface area contributed by atoms with Crippen LogP contribution in [0.15, 0.2) is 71.3 Å². The highest BCUT2D eigenvalue weighted by atomic mass is 35.5. The Morgan fingerprint density at radius 1 is 1.09 bits per heavy atom. The fraction of sp³-hybridized carbons (Fsp3) is 0.0385. The molecule has 0 saturated carbocycles. The number of hydrogen-bond donors (Lipinski definition) is 1. The van der Waals surface area contributed by atoms with Gasteiger partial charge in [-0.15, -0.1) is 11.3 Å². The van der Waals surface area contributed by atoms with E-state index in [1.807, 2.05) is 37.3 Å². The zero-order chi connectivity index (χ0) is 23.8. The number of hydrogen-bond acceptors (Lipinski definition) is 7. The third-order valence-electron chi connectivity index (χ3n) is 5.39. The van der Waals surface area contributed by atoms with Gasteiger partial charge in [-0.25, -0.2) is 0 Å².